The Balaban J connectivity index is 1.88. The Labute approximate surface area is 168 Å². The smallest absolute Gasteiger partial charge is 0.135 e. The van der Waals surface area contributed by atoms with Gasteiger partial charge in [-0.3, -0.25) is 0 Å². The van der Waals surface area contributed by atoms with Gasteiger partial charge in [-0.15, -0.1) is 0 Å². The van der Waals surface area contributed by atoms with Crippen molar-refractivity contribution in [2.24, 2.45) is 0 Å². The molecule has 1 aliphatic heterocycles. The van der Waals surface area contributed by atoms with E-state index in [0.717, 1.165) is 17.7 Å². The van der Waals surface area contributed by atoms with Crippen molar-refractivity contribution in [1.82, 2.24) is 0 Å². The third kappa shape index (κ3) is 3.53. The van der Waals surface area contributed by atoms with E-state index in [4.69, 9.17) is 4.74 Å². The number of allylic oxidation sites excluding steroid dienone is 1. The van der Waals surface area contributed by atoms with E-state index in [0.29, 0.717) is 0 Å². The first kappa shape index (κ1) is 18.3. The van der Waals surface area contributed by atoms with Crippen LogP contribution in [-0.4, -0.2) is 0 Å². The molecule has 140 valence electrons. The van der Waals surface area contributed by atoms with E-state index in [-0.39, 0.29) is 5.60 Å². The van der Waals surface area contributed by atoms with E-state index in [9.17, 15) is 0 Å². The van der Waals surface area contributed by atoms with Gasteiger partial charge in [-0.2, -0.15) is 0 Å². The van der Waals surface area contributed by atoms with Gasteiger partial charge in [0.2, 0.25) is 0 Å². The molecule has 0 aliphatic carbocycles. The summed E-state index contributed by atoms with van der Waals surface area (Å²) in [5.74, 6) is 0.988. The third-order valence-corrected chi connectivity index (χ3v) is 5.27. The number of rotatable bonds is 4. The predicted octanol–water partition coefficient (Wildman–Crippen LogP) is 7.31. The summed E-state index contributed by atoms with van der Waals surface area (Å²) in [6.07, 6.45) is 3.10. The number of hydrogen-bond donors (Lipinski definition) is 0. The van der Waals surface area contributed by atoms with Crippen LogP contribution >= 0.6 is 0 Å². The summed E-state index contributed by atoms with van der Waals surface area (Å²) in [7, 11) is 0. The molecule has 0 saturated heterocycles. The molecule has 0 amide bonds. The van der Waals surface area contributed by atoms with Crippen molar-refractivity contribution in [3.63, 3.8) is 0 Å². The van der Waals surface area contributed by atoms with Gasteiger partial charge in [0.1, 0.15) is 11.4 Å². The Morgan fingerprint density at radius 1 is 0.821 bits per heavy atom. The van der Waals surface area contributed by atoms with Gasteiger partial charge in [-0.1, -0.05) is 96.6 Å². The lowest BCUT2D eigenvalue weighted by Gasteiger charge is -2.26. The van der Waals surface area contributed by atoms with Gasteiger partial charge in [0.15, 0.2) is 0 Å². The van der Waals surface area contributed by atoms with Gasteiger partial charge < -0.3 is 4.74 Å². The first-order valence-corrected chi connectivity index (χ1v) is 9.84. The summed E-state index contributed by atoms with van der Waals surface area (Å²) in [6.45, 7) is 6.48. The maximum atomic E-state index is 6.71. The Bertz CT molecular complexity index is 1020. The van der Waals surface area contributed by atoms with Gasteiger partial charge in [0.25, 0.3) is 0 Å². The molecule has 0 fully saturated rings. The molecule has 1 aliphatic rings. The average molecular weight is 367 g/mol. The number of ether oxygens (including phenoxy) is 1. The Hall–Kier alpha value is -3.06. The summed E-state index contributed by atoms with van der Waals surface area (Å²) in [6, 6.07) is 29.6. The molecule has 0 aromatic heterocycles. The van der Waals surface area contributed by atoms with Crippen LogP contribution in [-0.2, 0) is 10.3 Å². The molecule has 3 aromatic rings. The highest BCUT2D eigenvalue weighted by Crippen LogP contribution is 2.49. The number of hydrogen-bond acceptors (Lipinski definition) is 1. The highest BCUT2D eigenvalue weighted by molar-refractivity contribution is 5.93. The van der Waals surface area contributed by atoms with E-state index in [1.165, 1.54) is 27.8 Å². The highest BCUT2D eigenvalue weighted by Gasteiger charge is 2.39. The SMILES string of the molecule is CC(C)=Cc1ccccc1C1=C(c2ccccc2)OC(C)(c2ccccc2)C1. The molecule has 0 saturated carbocycles. The molecule has 0 N–H and O–H groups in total. The first-order chi connectivity index (χ1) is 13.6. The van der Waals surface area contributed by atoms with Gasteiger partial charge in [-0.25, -0.2) is 0 Å². The lowest BCUT2D eigenvalue weighted by molar-refractivity contribution is 0.0783. The Kier molecular flexibility index (Phi) is 4.92. The molecular formula is C27H26O. The number of benzene rings is 3. The van der Waals surface area contributed by atoms with Crippen LogP contribution in [0, 0.1) is 0 Å². The van der Waals surface area contributed by atoms with Crippen LogP contribution in [0.2, 0.25) is 0 Å². The summed E-state index contributed by atoms with van der Waals surface area (Å²) >= 11 is 0. The topological polar surface area (TPSA) is 9.23 Å². The fraction of sp³-hybridized carbons (Fsp3) is 0.185. The van der Waals surface area contributed by atoms with Crippen molar-refractivity contribution in [3.8, 4) is 0 Å². The largest absolute Gasteiger partial charge is 0.482 e. The second-order valence-corrected chi connectivity index (χ2v) is 7.86. The van der Waals surface area contributed by atoms with Crippen molar-refractivity contribution >= 4 is 17.4 Å². The van der Waals surface area contributed by atoms with Crippen LogP contribution in [0.1, 0.15) is 49.4 Å². The maximum Gasteiger partial charge on any atom is 0.135 e. The molecule has 1 heterocycles. The lowest BCUT2D eigenvalue weighted by atomic mass is 9.86. The van der Waals surface area contributed by atoms with Gasteiger partial charge in [-0.05, 0) is 37.5 Å². The molecule has 0 bridgehead atoms. The summed E-state index contributed by atoms with van der Waals surface area (Å²) in [4.78, 5) is 0. The van der Waals surface area contributed by atoms with Crippen LogP contribution in [0.25, 0.3) is 17.4 Å². The lowest BCUT2D eigenvalue weighted by Crippen LogP contribution is -2.20. The molecular weight excluding hydrogens is 340 g/mol. The van der Waals surface area contributed by atoms with Gasteiger partial charge in [0, 0.05) is 17.6 Å². The van der Waals surface area contributed by atoms with Crippen molar-refractivity contribution in [3.05, 3.63) is 113 Å². The molecule has 1 nitrogen and oxygen atoms in total. The fourth-order valence-corrected chi connectivity index (χ4v) is 3.94. The predicted molar refractivity (Wildman–Crippen MR) is 119 cm³/mol. The zero-order chi connectivity index (χ0) is 19.6. The van der Waals surface area contributed by atoms with Crippen LogP contribution in [0.5, 0.6) is 0 Å². The molecule has 4 rings (SSSR count). The quantitative estimate of drug-likeness (QED) is 0.470. The minimum Gasteiger partial charge on any atom is -0.482 e. The minimum absolute atomic E-state index is 0.375. The maximum absolute atomic E-state index is 6.71. The molecule has 1 heteroatoms. The summed E-state index contributed by atoms with van der Waals surface area (Å²) in [5, 5.41) is 0. The molecule has 28 heavy (non-hydrogen) atoms. The first-order valence-electron chi connectivity index (χ1n) is 9.84. The summed E-state index contributed by atoms with van der Waals surface area (Å²) in [5.41, 5.74) is 7.01. The third-order valence-electron chi connectivity index (χ3n) is 5.27. The van der Waals surface area contributed by atoms with Crippen molar-refractivity contribution in [2.75, 3.05) is 0 Å². The standard InChI is InChI=1S/C27H26O/c1-20(2)18-22-14-10-11-17-24(22)25-19-27(3,23-15-8-5-9-16-23)28-26(25)21-12-6-4-7-13-21/h4-18H,19H2,1-3H3. The molecule has 0 spiro atoms. The monoisotopic (exact) mass is 366 g/mol. The van der Waals surface area contributed by atoms with E-state index in [2.05, 4.69) is 106 Å². The van der Waals surface area contributed by atoms with Crippen molar-refractivity contribution < 1.29 is 4.74 Å². The van der Waals surface area contributed by atoms with Gasteiger partial charge in [0.05, 0.1) is 0 Å². The second kappa shape index (κ2) is 7.52. The van der Waals surface area contributed by atoms with Crippen molar-refractivity contribution in [2.45, 2.75) is 32.8 Å². The highest BCUT2D eigenvalue weighted by atomic mass is 16.5. The zero-order valence-corrected chi connectivity index (χ0v) is 16.8. The molecule has 0 radical (unpaired) electrons. The van der Waals surface area contributed by atoms with E-state index in [1.54, 1.807) is 0 Å². The van der Waals surface area contributed by atoms with E-state index in [1.807, 2.05) is 6.07 Å². The molecule has 3 aromatic carbocycles. The minimum atomic E-state index is -0.375. The zero-order valence-electron chi connectivity index (χ0n) is 16.8. The van der Waals surface area contributed by atoms with Crippen molar-refractivity contribution in [1.29, 1.82) is 0 Å². The van der Waals surface area contributed by atoms with Crippen LogP contribution in [0.3, 0.4) is 0 Å². The molecule has 1 unspecified atom stereocenters. The summed E-state index contributed by atoms with van der Waals surface area (Å²) < 4.78 is 6.71. The van der Waals surface area contributed by atoms with Gasteiger partial charge >= 0.3 is 0 Å². The average Bonchev–Trinajstić information content (AvgIpc) is 3.08. The Morgan fingerprint density at radius 2 is 1.43 bits per heavy atom. The van der Waals surface area contributed by atoms with Crippen LogP contribution in [0.15, 0.2) is 90.5 Å². The normalized spacial score (nSPS) is 18.7. The fourth-order valence-electron chi connectivity index (χ4n) is 3.94. The van der Waals surface area contributed by atoms with Crippen LogP contribution in [0.4, 0.5) is 0 Å². The second-order valence-electron chi connectivity index (χ2n) is 7.86. The van der Waals surface area contributed by atoms with E-state index < -0.39 is 0 Å². The molecule has 1 atom stereocenters. The van der Waals surface area contributed by atoms with E-state index >= 15 is 0 Å². The van der Waals surface area contributed by atoms with Crippen LogP contribution < -0.4 is 0 Å². The Morgan fingerprint density at radius 3 is 2.11 bits per heavy atom.